The summed E-state index contributed by atoms with van der Waals surface area (Å²) in [5.41, 5.74) is 1.72. The first-order valence-corrected chi connectivity index (χ1v) is 8.76. The second-order valence-electron chi connectivity index (χ2n) is 5.48. The molecule has 0 aliphatic rings. The maximum Gasteiger partial charge on any atom is 0.344 e. The quantitative estimate of drug-likeness (QED) is 0.365. The van der Waals surface area contributed by atoms with Crippen molar-refractivity contribution in [1.82, 2.24) is 4.98 Å². The van der Waals surface area contributed by atoms with Gasteiger partial charge >= 0.3 is 5.97 Å². The molecule has 26 heavy (non-hydrogen) atoms. The highest BCUT2D eigenvalue weighted by atomic mass is 79.9. The maximum absolute atomic E-state index is 12.7. The van der Waals surface area contributed by atoms with E-state index in [-0.39, 0.29) is 17.9 Å². The molecule has 0 fully saturated rings. The molecule has 0 bridgehead atoms. The zero-order valence-electron chi connectivity index (χ0n) is 13.8. The van der Waals surface area contributed by atoms with Crippen molar-refractivity contribution in [2.75, 3.05) is 0 Å². The van der Waals surface area contributed by atoms with Crippen LogP contribution in [0.1, 0.15) is 16.8 Å². The fraction of sp³-hybridized carbons (Fsp3) is 0.0476. The Morgan fingerprint density at radius 2 is 1.65 bits per heavy atom. The van der Waals surface area contributed by atoms with E-state index < -0.39 is 5.97 Å². The minimum atomic E-state index is -0.638. The second kappa shape index (κ2) is 8.45. The van der Waals surface area contributed by atoms with Crippen LogP contribution in [-0.4, -0.2) is 16.1 Å². The third-order valence-corrected chi connectivity index (χ3v) is 4.40. The molecule has 0 saturated carbocycles. The van der Waals surface area contributed by atoms with Gasteiger partial charge in [0.05, 0.1) is 5.69 Å². The summed E-state index contributed by atoms with van der Waals surface area (Å²) < 4.78 is 6.08. The fourth-order valence-electron chi connectivity index (χ4n) is 2.42. The summed E-state index contributed by atoms with van der Waals surface area (Å²) in [5, 5.41) is 10.8. The zero-order chi connectivity index (χ0) is 18.4. The van der Waals surface area contributed by atoms with E-state index in [0.29, 0.717) is 15.7 Å². The number of hydrogen-bond acceptors (Lipinski definition) is 4. The second-order valence-corrected chi connectivity index (χ2v) is 6.33. The molecule has 1 N–H and O–H groups in total. The summed E-state index contributed by atoms with van der Waals surface area (Å²) in [6, 6.07) is 21.6. The number of ether oxygens (including phenoxy) is 1. The van der Waals surface area contributed by atoms with Crippen LogP contribution in [-0.2, 0) is 16.1 Å². The van der Waals surface area contributed by atoms with Crippen LogP contribution in [0.5, 0.6) is 0 Å². The number of aliphatic hydroxyl groups is 1. The van der Waals surface area contributed by atoms with Crippen LogP contribution >= 0.6 is 15.9 Å². The number of aromatic nitrogens is 1. The smallest absolute Gasteiger partial charge is 0.344 e. The number of halogens is 1. The molecule has 1 heterocycles. The zero-order valence-corrected chi connectivity index (χ0v) is 15.4. The lowest BCUT2D eigenvalue weighted by atomic mass is 10.1. The minimum Gasteiger partial charge on any atom is -0.506 e. The van der Waals surface area contributed by atoms with Crippen LogP contribution in [0, 0.1) is 0 Å². The normalized spacial score (nSPS) is 11.6. The fourth-order valence-corrected chi connectivity index (χ4v) is 2.89. The molecule has 0 radical (unpaired) electrons. The van der Waals surface area contributed by atoms with Gasteiger partial charge in [-0.1, -0.05) is 70.5 Å². The summed E-state index contributed by atoms with van der Waals surface area (Å²) in [7, 11) is 0. The monoisotopic (exact) mass is 409 g/mol. The molecule has 0 saturated heterocycles. The summed E-state index contributed by atoms with van der Waals surface area (Å²) in [4.78, 5) is 16.9. The summed E-state index contributed by atoms with van der Waals surface area (Å²) in [5.74, 6) is -0.824. The number of rotatable bonds is 5. The average molecular weight is 410 g/mol. The maximum atomic E-state index is 12.7. The van der Waals surface area contributed by atoms with Crippen LogP contribution in [0.2, 0.25) is 0 Å². The van der Waals surface area contributed by atoms with Gasteiger partial charge in [0, 0.05) is 16.2 Å². The molecular weight excluding hydrogens is 394 g/mol. The van der Waals surface area contributed by atoms with E-state index in [4.69, 9.17) is 4.74 Å². The van der Waals surface area contributed by atoms with Crippen molar-refractivity contribution in [3.05, 3.63) is 100 Å². The number of esters is 1. The van der Waals surface area contributed by atoms with E-state index in [1.54, 1.807) is 42.6 Å². The molecule has 0 spiro atoms. The Bertz CT molecular complexity index is 924. The van der Waals surface area contributed by atoms with Crippen molar-refractivity contribution < 1.29 is 14.6 Å². The molecule has 3 aromatic rings. The van der Waals surface area contributed by atoms with Gasteiger partial charge in [-0.05, 0) is 23.8 Å². The Labute approximate surface area is 159 Å². The first-order chi connectivity index (χ1) is 12.7. The SMILES string of the molecule is O=C(OCc1ccccc1)/C(=C(/O)c1ccccc1Br)c1ccccn1. The van der Waals surface area contributed by atoms with Gasteiger partial charge in [-0.2, -0.15) is 0 Å². The van der Waals surface area contributed by atoms with Crippen molar-refractivity contribution >= 4 is 33.2 Å². The highest BCUT2D eigenvalue weighted by Gasteiger charge is 2.22. The van der Waals surface area contributed by atoms with Gasteiger partial charge in [0.25, 0.3) is 0 Å². The van der Waals surface area contributed by atoms with Gasteiger partial charge in [-0.15, -0.1) is 0 Å². The summed E-state index contributed by atoms with van der Waals surface area (Å²) >= 11 is 3.40. The molecular formula is C21H16BrNO3. The molecule has 0 aliphatic heterocycles. The van der Waals surface area contributed by atoms with E-state index >= 15 is 0 Å². The number of carbonyl (C=O) groups is 1. The highest BCUT2D eigenvalue weighted by Crippen LogP contribution is 2.29. The summed E-state index contributed by atoms with van der Waals surface area (Å²) in [6.45, 7) is 0.110. The average Bonchev–Trinajstić information content (AvgIpc) is 2.68. The minimum absolute atomic E-state index is 0.0217. The van der Waals surface area contributed by atoms with E-state index in [1.807, 2.05) is 36.4 Å². The van der Waals surface area contributed by atoms with Gasteiger partial charge in [-0.3, -0.25) is 4.98 Å². The Morgan fingerprint density at radius 3 is 2.35 bits per heavy atom. The van der Waals surface area contributed by atoms with Gasteiger partial charge in [0.2, 0.25) is 0 Å². The molecule has 0 aliphatic carbocycles. The van der Waals surface area contributed by atoms with Gasteiger partial charge in [0.15, 0.2) is 0 Å². The van der Waals surface area contributed by atoms with Gasteiger partial charge in [0.1, 0.15) is 17.9 Å². The number of pyridine rings is 1. The topological polar surface area (TPSA) is 59.4 Å². The first-order valence-electron chi connectivity index (χ1n) is 7.97. The van der Waals surface area contributed by atoms with Gasteiger partial charge in [-0.25, -0.2) is 4.79 Å². The van der Waals surface area contributed by atoms with Crippen molar-refractivity contribution in [2.45, 2.75) is 6.61 Å². The number of nitrogens with zero attached hydrogens (tertiary/aromatic N) is 1. The standard InChI is InChI=1S/C21H16BrNO3/c22-17-11-5-4-10-16(17)20(24)19(18-12-6-7-13-23-18)21(25)26-14-15-8-2-1-3-9-15/h1-13,24H,14H2/b20-19+. The van der Waals surface area contributed by atoms with Crippen molar-refractivity contribution in [3.63, 3.8) is 0 Å². The van der Waals surface area contributed by atoms with E-state index in [1.165, 1.54) is 0 Å². The Balaban J connectivity index is 1.97. The van der Waals surface area contributed by atoms with Crippen molar-refractivity contribution in [1.29, 1.82) is 0 Å². The third kappa shape index (κ3) is 4.18. The third-order valence-electron chi connectivity index (χ3n) is 3.70. The number of aliphatic hydroxyl groups excluding tert-OH is 1. The predicted molar refractivity (Wildman–Crippen MR) is 104 cm³/mol. The summed E-state index contributed by atoms with van der Waals surface area (Å²) in [6.07, 6.45) is 1.56. The van der Waals surface area contributed by atoms with E-state index in [2.05, 4.69) is 20.9 Å². The molecule has 0 atom stereocenters. The molecule has 2 aromatic carbocycles. The lowest BCUT2D eigenvalue weighted by Gasteiger charge is -2.12. The van der Waals surface area contributed by atoms with Crippen LogP contribution in [0.25, 0.3) is 11.3 Å². The van der Waals surface area contributed by atoms with Crippen LogP contribution in [0.15, 0.2) is 83.5 Å². The molecule has 3 rings (SSSR count). The molecule has 0 unspecified atom stereocenters. The molecule has 5 heteroatoms. The lowest BCUT2D eigenvalue weighted by Crippen LogP contribution is -2.11. The molecule has 0 amide bonds. The van der Waals surface area contributed by atoms with E-state index in [0.717, 1.165) is 5.56 Å². The predicted octanol–water partition coefficient (Wildman–Crippen LogP) is 5.01. The van der Waals surface area contributed by atoms with Crippen molar-refractivity contribution in [3.8, 4) is 0 Å². The molecule has 4 nitrogen and oxygen atoms in total. The number of hydrogen-bond donors (Lipinski definition) is 1. The molecule has 1 aromatic heterocycles. The van der Waals surface area contributed by atoms with Crippen LogP contribution in [0.3, 0.4) is 0 Å². The number of benzene rings is 2. The van der Waals surface area contributed by atoms with Gasteiger partial charge < -0.3 is 9.84 Å². The largest absolute Gasteiger partial charge is 0.506 e. The Morgan fingerprint density at radius 1 is 0.962 bits per heavy atom. The number of carbonyl (C=O) groups excluding carboxylic acids is 1. The van der Waals surface area contributed by atoms with Crippen LogP contribution in [0.4, 0.5) is 0 Å². The highest BCUT2D eigenvalue weighted by molar-refractivity contribution is 9.10. The first kappa shape index (κ1) is 17.9. The van der Waals surface area contributed by atoms with Crippen LogP contribution < -0.4 is 0 Å². The lowest BCUT2D eigenvalue weighted by molar-refractivity contribution is -0.137. The Kier molecular flexibility index (Phi) is 5.81. The molecule has 130 valence electrons. The van der Waals surface area contributed by atoms with E-state index in [9.17, 15) is 9.90 Å². The Hall–Kier alpha value is -2.92. The van der Waals surface area contributed by atoms with Crippen molar-refractivity contribution in [2.24, 2.45) is 0 Å².